The van der Waals surface area contributed by atoms with E-state index in [1.807, 2.05) is 0 Å². The summed E-state index contributed by atoms with van der Waals surface area (Å²) >= 11 is 3.19. The summed E-state index contributed by atoms with van der Waals surface area (Å²) in [5, 5.41) is 8.65. The molecule has 0 bridgehead atoms. The van der Waals surface area contributed by atoms with Gasteiger partial charge in [-0.3, -0.25) is 0 Å². The standard InChI is InChI=1S/C6H7BrN2O/c7-5-1-4(3-10)2-9-6(5)8/h1-2,10H,3H2,(H2,8,9). The van der Waals surface area contributed by atoms with Crippen molar-refractivity contribution in [1.29, 1.82) is 0 Å². The fourth-order valence-electron chi connectivity index (χ4n) is 0.575. The molecule has 1 aromatic rings. The molecule has 0 aliphatic rings. The zero-order valence-corrected chi connectivity index (χ0v) is 6.80. The number of anilines is 1. The summed E-state index contributed by atoms with van der Waals surface area (Å²) in [6.45, 7) is -0.00806. The monoisotopic (exact) mass is 202 g/mol. The van der Waals surface area contributed by atoms with Gasteiger partial charge in [0, 0.05) is 6.20 Å². The van der Waals surface area contributed by atoms with Gasteiger partial charge in [-0.2, -0.15) is 0 Å². The first-order valence-electron chi connectivity index (χ1n) is 2.75. The molecule has 3 N–H and O–H groups in total. The Morgan fingerprint density at radius 1 is 1.70 bits per heavy atom. The summed E-state index contributed by atoms with van der Waals surface area (Å²) < 4.78 is 0.721. The average Bonchev–Trinajstić information content (AvgIpc) is 1.95. The van der Waals surface area contributed by atoms with Gasteiger partial charge in [0.05, 0.1) is 11.1 Å². The number of nitrogen functional groups attached to an aromatic ring is 1. The smallest absolute Gasteiger partial charge is 0.137 e. The van der Waals surface area contributed by atoms with Gasteiger partial charge in [0.15, 0.2) is 0 Å². The van der Waals surface area contributed by atoms with Crippen molar-refractivity contribution in [3.63, 3.8) is 0 Å². The minimum Gasteiger partial charge on any atom is -0.392 e. The van der Waals surface area contributed by atoms with Gasteiger partial charge < -0.3 is 10.8 Å². The van der Waals surface area contributed by atoms with E-state index in [9.17, 15) is 0 Å². The van der Waals surface area contributed by atoms with Gasteiger partial charge in [-0.1, -0.05) is 0 Å². The van der Waals surface area contributed by atoms with E-state index in [2.05, 4.69) is 20.9 Å². The molecular weight excluding hydrogens is 196 g/mol. The Hall–Kier alpha value is -0.610. The summed E-state index contributed by atoms with van der Waals surface area (Å²) in [6.07, 6.45) is 1.54. The second kappa shape index (κ2) is 2.98. The van der Waals surface area contributed by atoms with Crippen LogP contribution in [-0.4, -0.2) is 10.1 Å². The van der Waals surface area contributed by atoms with Gasteiger partial charge in [-0.15, -0.1) is 0 Å². The zero-order valence-electron chi connectivity index (χ0n) is 5.21. The molecule has 4 heteroatoms. The Morgan fingerprint density at radius 2 is 2.40 bits per heavy atom. The Labute approximate surface area is 67.0 Å². The molecule has 0 unspecified atom stereocenters. The molecule has 1 rings (SSSR count). The second-order valence-electron chi connectivity index (χ2n) is 1.87. The second-order valence-corrected chi connectivity index (χ2v) is 2.72. The molecular formula is C6H7BrN2O. The average molecular weight is 203 g/mol. The normalized spacial score (nSPS) is 9.80. The summed E-state index contributed by atoms with van der Waals surface area (Å²) in [6, 6.07) is 1.74. The maximum Gasteiger partial charge on any atom is 0.137 e. The lowest BCUT2D eigenvalue weighted by Crippen LogP contribution is -1.93. The maximum atomic E-state index is 8.65. The molecule has 0 aliphatic heterocycles. The Kier molecular flexibility index (Phi) is 2.24. The lowest BCUT2D eigenvalue weighted by molar-refractivity contribution is 0.281. The van der Waals surface area contributed by atoms with Crippen molar-refractivity contribution in [2.24, 2.45) is 0 Å². The summed E-state index contributed by atoms with van der Waals surface area (Å²) in [4.78, 5) is 3.82. The largest absolute Gasteiger partial charge is 0.392 e. The van der Waals surface area contributed by atoms with Crippen LogP contribution in [0, 0.1) is 0 Å². The molecule has 0 amide bonds. The molecule has 1 heterocycles. The van der Waals surface area contributed by atoms with E-state index in [0.29, 0.717) is 5.82 Å². The Balaban J connectivity index is 3.04. The van der Waals surface area contributed by atoms with Crippen molar-refractivity contribution in [3.8, 4) is 0 Å². The fraction of sp³-hybridized carbons (Fsp3) is 0.167. The Bertz CT molecular complexity index is 239. The molecule has 0 spiro atoms. The van der Waals surface area contributed by atoms with E-state index in [1.54, 1.807) is 12.3 Å². The highest BCUT2D eigenvalue weighted by Gasteiger charge is 1.96. The van der Waals surface area contributed by atoms with Crippen LogP contribution in [0.4, 0.5) is 5.82 Å². The topological polar surface area (TPSA) is 59.1 Å². The molecule has 54 valence electrons. The third-order valence-corrected chi connectivity index (χ3v) is 1.74. The molecule has 3 nitrogen and oxygen atoms in total. The van der Waals surface area contributed by atoms with Gasteiger partial charge in [0.2, 0.25) is 0 Å². The summed E-state index contributed by atoms with van der Waals surface area (Å²) in [5.74, 6) is 0.442. The highest BCUT2D eigenvalue weighted by Crippen LogP contribution is 2.17. The van der Waals surface area contributed by atoms with Crippen LogP contribution in [0.5, 0.6) is 0 Å². The molecule has 0 radical (unpaired) electrons. The molecule has 0 aliphatic carbocycles. The number of aliphatic hydroxyl groups excluding tert-OH is 1. The van der Waals surface area contributed by atoms with Crippen LogP contribution in [0.2, 0.25) is 0 Å². The van der Waals surface area contributed by atoms with Crippen molar-refractivity contribution in [2.45, 2.75) is 6.61 Å². The van der Waals surface area contributed by atoms with Crippen molar-refractivity contribution < 1.29 is 5.11 Å². The van der Waals surface area contributed by atoms with Crippen LogP contribution in [-0.2, 0) is 6.61 Å². The van der Waals surface area contributed by atoms with Gasteiger partial charge in [-0.25, -0.2) is 4.98 Å². The predicted molar refractivity (Wildman–Crippen MR) is 42.3 cm³/mol. The van der Waals surface area contributed by atoms with E-state index in [4.69, 9.17) is 10.8 Å². The molecule has 0 saturated carbocycles. The number of halogens is 1. The van der Waals surface area contributed by atoms with E-state index < -0.39 is 0 Å². The van der Waals surface area contributed by atoms with Crippen LogP contribution < -0.4 is 5.73 Å². The summed E-state index contributed by atoms with van der Waals surface area (Å²) in [7, 11) is 0. The van der Waals surface area contributed by atoms with Crippen molar-refractivity contribution in [3.05, 3.63) is 22.3 Å². The van der Waals surface area contributed by atoms with Gasteiger partial charge in [0.1, 0.15) is 5.82 Å². The number of hydrogen-bond donors (Lipinski definition) is 2. The molecule has 0 saturated heterocycles. The van der Waals surface area contributed by atoms with Crippen LogP contribution >= 0.6 is 15.9 Å². The predicted octanol–water partition coefficient (Wildman–Crippen LogP) is 0.919. The van der Waals surface area contributed by atoms with Gasteiger partial charge in [-0.05, 0) is 27.6 Å². The maximum absolute atomic E-state index is 8.65. The number of nitrogens with zero attached hydrogens (tertiary/aromatic N) is 1. The molecule has 0 atom stereocenters. The molecule has 0 fully saturated rings. The number of aromatic nitrogens is 1. The third-order valence-electron chi connectivity index (χ3n) is 1.11. The summed E-state index contributed by atoms with van der Waals surface area (Å²) in [5.41, 5.74) is 6.15. The number of hydrogen-bond acceptors (Lipinski definition) is 3. The number of nitrogens with two attached hydrogens (primary N) is 1. The first kappa shape index (κ1) is 7.50. The van der Waals surface area contributed by atoms with Crippen LogP contribution in [0.15, 0.2) is 16.7 Å². The van der Waals surface area contributed by atoms with Crippen LogP contribution in [0.25, 0.3) is 0 Å². The fourth-order valence-corrected chi connectivity index (χ4v) is 0.971. The highest BCUT2D eigenvalue weighted by molar-refractivity contribution is 9.10. The minimum atomic E-state index is -0.00806. The number of aliphatic hydroxyl groups is 1. The first-order chi connectivity index (χ1) is 4.74. The quantitative estimate of drug-likeness (QED) is 0.713. The SMILES string of the molecule is Nc1ncc(CO)cc1Br. The molecule has 10 heavy (non-hydrogen) atoms. The lowest BCUT2D eigenvalue weighted by atomic mass is 10.3. The number of rotatable bonds is 1. The van der Waals surface area contributed by atoms with E-state index in [-0.39, 0.29) is 6.61 Å². The molecule has 1 aromatic heterocycles. The highest BCUT2D eigenvalue weighted by atomic mass is 79.9. The molecule has 0 aromatic carbocycles. The van der Waals surface area contributed by atoms with Crippen molar-refractivity contribution in [1.82, 2.24) is 4.98 Å². The van der Waals surface area contributed by atoms with E-state index in [0.717, 1.165) is 10.0 Å². The van der Waals surface area contributed by atoms with Gasteiger partial charge >= 0.3 is 0 Å². The number of pyridine rings is 1. The van der Waals surface area contributed by atoms with Crippen LogP contribution in [0.3, 0.4) is 0 Å². The van der Waals surface area contributed by atoms with Crippen LogP contribution in [0.1, 0.15) is 5.56 Å². The Morgan fingerprint density at radius 3 is 2.90 bits per heavy atom. The van der Waals surface area contributed by atoms with Crippen molar-refractivity contribution in [2.75, 3.05) is 5.73 Å². The third kappa shape index (κ3) is 1.46. The van der Waals surface area contributed by atoms with E-state index >= 15 is 0 Å². The first-order valence-corrected chi connectivity index (χ1v) is 3.54. The van der Waals surface area contributed by atoms with Crippen molar-refractivity contribution >= 4 is 21.7 Å². The van der Waals surface area contributed by atoms with Gasteiger partial charge in [0.25, 0.3) is 0 Å². The van der Waals surface area contributed by atoms with E-state index in [1.165, 1.54) is 0 Å². The lowest BCUT2D eigenvalue weighted by Gasteiger charge is -1.98. The minimum absolute atomic E-state index is 0.00806. The zero-order chi connectivity index (χ0) is 7.56.